The van der Waals surface area contributed by atoms with Crippen LogP contribution < -0.4 is 10.1 Å². The molecule has 0 saturated heterocycles. The van der Waals surface area contributed by atoms with Crippen molar-refractivity contribution in [1.82, 2.24) is 15.3 Å². The van der Waals surface area contributed by atoms with Crippen molar-refractivity contribution < 1.29 is 14.2 Å². The normalized spacial score (nSPS) is 12.4. The molecule has 0 saturated carbocycles. The molecule has 1 N–H and O–H groups in total. The molecule has 0 radical (unpaired) electrons. The van der Waals surface area contributed by atoms with Gasteiger partial charge >= 0.3 is 0 Å². The molecule has 0 spiro atoms. The van der Waals surface area contributed by atoms with Gasteiger partial charge in [0.2, 0.25) is 5.88 Å². The number of likely N-dealkylation sites (N-methyl/N-ethyl adjacent to an activating group) is 1. The van der Waals surface area contributed by atoms with Crippen molar-refractivity contribution in [2.75, 3.05) is 41.1 Å². The third-order valence-corrected chi connectivity index (χ3v) is 2.28. The zero-order valence-corrected chi connectivity index (χ0v) is 10.5. The topological polar surface area (TPSA) is 65.5 Å². The lowest BCUT2D eigenvalue weighted by atomic mass is 10.2. The maximum absolute atomic E-state index is 5.47. The molecule has 6 heteroatoms. The molecule has 6 nitrogen and oxygen atoms in total. The van der Waals surface area contributed by atoms with Gasteiger partial charge in [-0.2, -0.15) is 0 Å². The summed E-state index contributed by atoms with van der Waals surface area (Å²) in [5, 5.41) is 3.12. The standard InChI is InChI=1S/C11H19N3O3/c1-12-9(8-17-7-6-15-2)10-11(16-3)14-5-4-13-10/h4-5,9,12H,6-8H2,1-3H3. The van der Waals surface area contributed by atoms with E-state index in [1.807, 2.05) is 7.05 Å². The quantitative estimate of drug-likeness (QED) is 0.665. The second kappa shape index (κ2) is 7.94. The highest BCUT2D eigenvalue weighted by Gasteiger charge is 2.16. The first-order valence-corrected chi connectivity index (χ1v) is 5.42. The van der Waals surface area contributed by atoms with E-state index in [9.17, 15) is 0 Å². The first-order chi connectivity index (χ1) is 8.33. The van der Waals surface area contributed by atoms with Gasteiger partial charge in [0, 0.05) is 19.5 Å². The maximum Gasteiger partial charge on any atom is 0.237 e. The fourth-order valence-electron chi connectivity index (χ4n) is 1.37. The summed E-state index contributed by atoms with van der Waals surface area (Å²) in [4.78, 5) is 8.36. The van der Waals surface area contributed by atoms with Crippen molar-refractivity contribution >= 4 is 0 Å². The van der Waals surface area contributed by atoms with Gasteiger partial charge in [0.25, 0.3) is 0 Å². The van der Waals surface area contributed by atoms with Gasteiger partial charge in [-0.1, -0.05) is 0 Å². The van der Waals surface area contributed by atoms with Crippen LogP contribution in [0.4, 0.5) is 0 Å². The van der Waals surface area contributed by atoms with E-state index in [1.54, 1.807) is 26.6 Å². The van der Waals surface area contributed by atoms with E-state index in [-0.39, 0.29) is 6.04 Å². The highest BCUT2D eigenvalue weighted by Crippen LogP contribution is 2.19. The molecule has 0 aliphatic carbocycles. The monoisotopic (exact) mass is 241 g/mol. The zero-order valence-electron chi connectivity index (χ0n) is 10.5. The lowest BCUT2D eigenvalue weighted by Crippen LogP contribution is -2.24. The SMILES string of the molecule is CNC(COCCOC)c1nccnc1OC. The largest absolute Gasteiger partial charge is 0.480 e. The molecule has 0 fully saturated rings. The summed E-state index contributed by atoms with van der Waals surface area (Å²) < 4.78 is 15.5. The third kappa shape index (κ3) is 4.26. The highest BCUT2D eigenvalue weighted by molar-refractivity contribution is 5.21. The van der Waals surface area contributed by atoms with E-state index in [4.69, 9.17) is 14.2 Å². The first kappa shape index (κ1) is 13.8. The minimum Gasteiger partial charge on any atom is -0.480 e. The Hall–Kier alpha value is -1.24. The van der Waals surface area contributed by atoms with E-state index < -0.39 is 0 Å². The van der Waals surface area contributed by atoms with Crippen LogP contribution in [0, 0.1) is 0 Å². The molecule has 1 unspecified atom stereocenters. The summed E-state index contributed by atoms with van der Waals surface area (Å²) in [5.74, 6) is 0.516. The Morgan fingerprint density at radius 2 is 2.00 bits per heavy atom. The van der Waals surface area contributed by atoms with Crippen LogP contribution in [0.25, 0.3) is 0 Å². The number of methoxy groups -OCH3 is 2. The summed E-state index contributed by atoms with van der Waals surface area (Å²) in [6, 6.07) is -0.0458. The number of aromatic nitrogens is 2. The molecule has 1 rings (SSSR count). The number of hydrogen-bond donors (Lipinski definition) is 1. The summed E-state index contributed by atoms with van der Waals surface area (Å²) in [7, 11) is 5.06. The van der Waals surface area contributed by atoms with Crippen molar-refractivity contribution in [2.45, 2.75) is 6.04 Å². The van der Waals surface area contributed by atoms with Gasteiger partial charge in [-0.15, -0.1) is 0 Å². The van der Waals surface area contributed by atoms with Crippen molar-refractivity contribution in [2.24, 2.45) is 0 Å². The van der Waals surface area contributed by atoms with E-state index in [0.717, 1.165) is 5.69 Å². The van der Waals surface area contributed by atoms with Crippen LogP contribution in [0.2, 0.25) is 0 Å². The number of nitrogens with zero attached hydrogens (tertiary/aromatic N) is 2. The van der Waals surface area contributed by atoms with Gasteiger partial charge in [-0.3, -0.25) is 4.98 Å². The number of nitrogens with one attached hydrogen (secondary N) is 1. The van der Waals surface area contributed by atoms with Gasteiger partial charge in [-0.05, 0) is 7.05 Å². The molecule has 0 aromatic carbocycles. The number of ether oxygens (including phenoxy) is 3. The zero-order chi connectivity index (χ0) is 12.5. The summed E-state index contributed by atoms with van der Waals surface area (Å²) >= 11 is 0. The van der Waals surface area contributed by atoms with E-state index in [0.29, 0.717) is 25.7 Å². The van der Waals surface area contributed by atoms with E-state index >= 15 is 0 Å². The van der Waals surface area contributed by atoms with E-state index in [2.05, 4.69) is 15.3 Å². The van der Waals surface area contributed by atoms with Crippen molar-refractivity contribution in [3.63, 3.8) is 0 Å². The Morgan fingerprint density at radius 3 is 2.65 bits per heavy atom. The van der Waals surface area contributed by atoms with Crippen molar-refractivity contribution in [1.29, 1.82) is 0 Å². The molecule has 1 heterocycles. The molecule has 0 aliphatic heterocycles. The van der Waals surface area contributed by atoms with Gasteiger partial charge in [0.05, 0.1) is 33.0 Å². The highest BCUT2D eigenvalue weighted by atomic mass is 16.5. The predicted molar refractivity (Wildman–Crippen MR) is 63.1 cm³/mol. The van der Waals surface area contributed by atoms with Gasteiger partial charge < -0.3 is 19.5 Å². The van der Waals surface area contributed by atoms with Crippen LogP contribution in [0.1, 0.15) is 11.7 Å². The molecule has 0 amide bonds. The lowest BCUT2D eigenvalue weighted by Gasteiger charge is -2.17. The van der Waals surface area contributed by atoms with Gasteiger partial charge in [0.1, 0.15) is 5.69 Å². The molecule has 0 aliphatic rings. The minimum atomic E-state index is -0.0458. The average molecular weight is 241 g/mol. The lowest BCUT2D eigenvalue weighted by molar-refractivity contribution is 0.0586. The van der Waals surface area contributed by atoms with Crippen molar-refractivity contribution in [3.8, 4) is 5.88 Å². The van der Waals surface area contributed by atoms with Crippen LogP contribution in [-0.4, -0.2) is 51.1 Å². The summed E-state index contributed by atoms with van der Waals surface area (Å²) in [6.45, 7) is 1.63. The first-order valence-electron chi connectivity index (χ1n) is 5.42. The third-order valence-electron chi connectivity index (χ3n) is 2.28. The molecule has 96 valence electrons. The summed E-state index contributed by atoms with van der Waals surface area (Å²) in [6.07, 6.45) is 3.23. The number of rotatable bonds is 8. The molecule has 0 bridgehead atoms. The smallest absolute Gasteiger partial charge is 0.237 e. The Labute approximate surface area is 101 Å². The fraction of sp³-hybridized carbons (Fsp3) is 0.636. The molecular formula is C11H19N3O3. The van der Waals surface area contributed by atoms with E-state index in [1.165, 1.54) is 0 Å². The second-order valence-electron chi connectivity index (χ2n) is 3.36. The molecule has 1 atom stereocenters. The summed E-state index contributed by atoms with van der Waals surface area (Å²) in [5.41, 5.74) is 0.745. The Balaban J connectivity index is 2.59. The molecule has 17 heavy (non-hydrogen) atoms. The second-order valence-corrected chi connectivity index (χ2v) is 3.36. The molecular weight excluding hydrogens is 222 g/mol. The molecule has 1 aromatic heterocycles. The Kier molecular flexibility index (Phi) is 6.46. The van der Waals surface area contributed by atoms with Crippen LogP contribution >= 0.6 is 0 Å². The maximum atomic E-state index is 5.47. The molecule has 1 aromatic rings. The Bertz CT molecular complexity index is 323. The van der Waals surface area contributed by atoms with Gasteiger partial charge in [-0.25, -0.2) is 4.98 Å². The van der Waals surface area contributed by atoms with Crippen LogP contribution in [-0.2, 0) is 9.47 Å². The minimum absolute atomic E-state index is 0.0458. The van der Waals surface area contributed by atoms with Crippen LogP contribution in [0.3, 0.4) is 0 Å². The Morgan fingerprint density at radius 1 is 1.24 bits per heavy atom. The van der Waals surface area contributed by atoms with Gasteiger partial charge in [0.15, 0.2) is 0 Å². The fourth-order valence-corrected chi connectivity index (χ4v) is 1.37. The van der Waals surface area contributed by atoms with Crippen LogP contribution in [0.15, 0.2) is 12.4 Å². The number of hydrogen-bond acceptors (Lipinski definition) is 6. The van der Waals surface area contributed by atoms with Crippen LogP contribution in [0.5, 0.6) is 5.88 Å². The van der Waals surface area contributed by atoms with Crippen molar-refractivity contribution in [3.05, 3.63) is 18.1 Å². The predicted octanol–water partition coefficient (Wildman–Crippen LogP) is 0.409. The average Bonchev–Trinajstić information content (AvgIpc) is 2.39.